The third-order valence-corrected chi connectivity index (χ3v) is 1.83. The van der Waals surface area contributed by atoms with E-state index in [4.69, 9.17) is 0 Å². The van der Waals surface area contributed by atoms with E-state index in [-0.39, 0.29) is 0 Å². The van der Waals surface area contributed by atoms with Crippen molar-refractivity contribution in [3.8, 4) is 0 Å². The minimum absolute atomic E-state index is 0.899. The first kappa shape index (κ1) is 10.8. The lowest BCUT2D eigenvalue weighted by Gasteiger charge is -2.07. The first-order chi connectivity index (χ1) is 6.79. The molecule has 0 radical (unpaired) electrons. The Hall–Kier alpha value is -1.28. The maximum absolute atomic E-state index is 3.83. The van der Waals surface area contributed by atoms with Crippen molar-refractivity contribution in [1.29, 1.82) is 0 Å². The Balaban J connectivity index is 2.08. The molecule has 0 aliphatic carbocycles. The van der Waals surface area contributed by atoms with Crippen molar-refractivity contribution >= 4 is 5.69 Å². The van der Waals surface area contributed by atoms with Crippen molar-refractivity contribution in [2.45, 2.75) is 6.92 Å². The maximum atomic E-state index is 3.83. The molecule has 1 rings (SSSR count). The van der Waals surface area contributed by atoms with Crippen LogP contribution in [-0.4, -0.2) is 19.6 Å². The van der Waals surface area contributed by atoms with E-state index in [0.29, 0.717) is 0 Å². The highest BCUT2D eigenvalue weighted by Gasteiger charge is 1.89. The molecule has 0 atom stereocenters. The second kappa shape index (κ2) is 6.22. The molecule has 1 aromatic carbocycles. The summed E-state index contributed by atoms with van der Waals surface area (Å²) in [6.45, 7) is 8.65. The average molecular weight is 190 g/mol. The van der Waals surface area contributed by atoms with Crippen molar-refractivity contribution in [1.82, 2.24) is 5.32 Å². The Morgan fingerprint density at radius 3 is 2.57 bits per heavy atom. The van der Waals surface area contributed by atoms with Crippen molar-refractivity contribution in [2.75, 3.05) is 25.0 Å². The number of nitrogens with one attached hydrogen (secondary N) is 2. The third-order valence-electron chi connectivity index (χ3n) is 1.83. The van der Waals surface area contributed by atoms with Gasteiger partial charge in [-0.1, -0.05) is 30.4 Å². The molecule has 0 bridgehead atoms. The van der Waals surface area contributed by atoms with Gasteiger partial charge in [0.25, 0.3) is 0 Å². The van der Waals surface area contributed by atoms with E-state index in [1.165, 1.54) is 11.3 Å². The molecule has 0 saturated carbocycles. The van der Waals surface area contributed by atoms with E-state index in [0.717, 1.165) is 19.6 Å². The fraction of sp³-hybridized carbons (Fsp3) is 0.333. The van der Waals surface area contributed by atoms with Gasteiger partial charge in [0.1, 0.15) is 0 Å². The van der Waals surface area contributed by atoms with Crippen LogP contribution < -0.4 is 10.6 Å². The highest BCUT2D eigenvalue weighted by Crippen LogP contribution is 2.03. The number of hydrogen-bond donors (Lipinski definition) is 2. The zero-order valence-corrected chi connectivity index (χ0v) is 8.72. The minimum atomic E-state index is 0.899. The summed E-state index contributed by atoms with van der Waals surface area (Å²) in [6, 6.07) is 10.2. The summed E-state index contributed by atoms with van der Waals surface area (Å²) >= 11 is 0. The molecule has 0 heterocycles. The summed E-state index contributed by atoms with van der Waals surface area (Å²) in [7, 11) is 0. The third kappa shape index (κ3) is 4.67. The molecule has 0 saturated heterocycles. The fourth-order valence-electron chi connectivity index (χ4n) is 1.15. The molecule has 1 aromatic rings. The van der Waals surface area contributed by atoms with E-state index in [9.17, 15) is 0 Å². The molecule has 2 heteroatoms. The lowest BCUT2D eigenvalue weighted by Crippen LogP contribution is -2.23. The molecule has 0 aliphatic heterocycles. The van der Waals surface area contributed by atoms with Crippen LogP contribution in [0.5, 0.6) is 0 Å². The quantitative estimate of drug-likeness (QED) is 0.531. The van der Waals surface area contributed by atoms with Gasteiger partial charge in [0.15, 0.2) is 0 Å². The Kier molecular flexibility index (Phi) is 4.79. The number of para-hydroxylation sites is 1. The van der Waals surface area contributed by atoms with E-state index in [2.05, 4.69) is 29.3 Å². The highest BCUT2D eigenvalue weighted by atomic mass is 14.9. The van der Waals surface area contributed by atoms with Crippen LogP contribution in [0.3, 0.4) is 0 Å². The van der Waals surface area contributed by atoms with Crippen LogP contribution in [0.25, 0.3) is 0 Å². The molecule has 0 unspecified atom stereocenters. The Morgan fingerprint density at radius 2 is 1.93 bits per heavy atom. The standard InChI is InChI=1S/C12H18N2/c1-11(2)10-13-8-9-14-12-6-4-3-5-7-12/h3-7,13-14H,1,8-10H2,2H3. The molecule has 2 nitrogen and oxygen atoms in total. The van der Waals surface area contributed by atoms with Crippen LogP contribution in [0.15, 0.2) is 42.5 Å². The van der Waals surface area contributed by atoms with Gasteiger partial charge in [-0.15, -0.1) is 0 Å². The molecule has 0 fully saturated rings. The smallest absolute Gasteiger partial charge is 0.0340 e. The fourth-order valence-corrected chi connectivity index (χ4v) is 1.15. The Morgan fingerprint density at radius 1 is 1.21 bits per heavy atom. The summed E-state index contributed by atoms with van der Waals surface area (Å²) in [5.41, 5.74) is 2.34. The van der Waals surface area contributed by atoms with Gasteiger partial charge < -0.3 is 10.6 Å². The monoisotopic (exact) mass is 190 g/mol. The van der Waals surface area contributed by atoms with Crippen LogP contribution in [0, 0.1) is 0 Å². The summed E-state index contributed by atoms with van der Waals surface area (Å²) < 4.78 is 0. The summed E-state index contributed by atoms with van der Waals surface area (Å²) in [5, 5.41) is 6.62. The van der Waals surface area contributed by atoms with Crippen LogP contribution in [0.2, 0.25) is 0 Å². The second-order valence-corrected chi connectivity index (χ2v) is 3.43. The number of rotatable bonds is 6. The first-order valence-corrected chi connectivity index (χ1v) is 4.93. The van der Waals surface area contributed by atoms with Gasteiger partial charge in [-0.2, -0.15) is 0 Å². The van der Waals surface area contributed by atoms with E-state index in [1.807, 2.05) is 25.1 Å². The van der Waals surface area contributed by atoms with Crippen LogP contribution >= 0.6 is 0 Å². The summed E-state index contributed by atoms with van der Waals surface area (Å²) in [4.78, 5) is 0. The minimum Gasteiger partial charge on any atom is -0.384 e. The first-order valence-electron chi connectivity index (χ1n) is 4.93. The molecule has 14 heavy (non-hydrogen) atoms. The predicted molar refractivity (Wildman–Crippen MR) is 62.6 cm³/mol. The van der Waals surface area contributed by atoms with Crippen molar-refractivity contribution in [3.63, 3.8) is 0 Å². The van der Waals surface area contributed by atoms with E-state index in [1.54, 1.807) is 0 Å². The summed E-state index contributed by atoms with van der Waals surface area (Å²) in [6.07, 6.45) is 0. The van der Waals surface area contributed by atoms with Gasteiger partial charge in [0.2, 0.25) is 0 Å². The lowest BCUT2D eigenvalue weighted by molar-refractivity contribution is 0.752. The van der Waals surface area contributed by atoms with E-state index < -0.39 is 0 Å². The van der Waals surface area contributed by atoms with Gasteiger partial charge >= 0.3 is 0 Å². The van der Waals surface area contributed by atoms with Crippen molar-refractivity contribution in [2.24, 2.45) is 0 Å². The molecular formula is C12H18N2. The molecule has 2 N–H and O–H groups in total. The topological polar surface area (TPSA) is 24.1 Å². The average Bonchev–Trinajstić information content (AvgIpc) is 2.18. The number of hydrogen-bond acceptors (Lipinski definition) is 2. The molecule has 0 spiro atoms. The SMILES string of the molecule is C=C(C)CNCCNc1ccccc1. The number of anilines is 1. The van der Waals surface area contributed by atoms with E-state index >= 15 is 0 Å². The van der Waals surface area contributed by atoms with Crippen molar-refractivity contribution < 1.29 is 0 Å². The zero-order valence-electron chi connectivity index (χ0n) is 8.72. The largest absolute Gasteiger partial charge is 0.384 e. The molecular weight excluding hydrogens is 172 g/mol. The van der Waals surface area contributed by atoms with Crippen LogP contribution in [0.1, 0.15) is 6.92 Å². The maximum Gasteiger partial charge on any atom is 0.0340 e. The van der Waals surface area contributed by atoms with Crippen molar-refractivity contribution in [3.05, 3.63) is 42.5 Å². The van der Waals surface area contributed by atoms with Gasteiger partial charge in [0.05, 0.1) is 0 Å². The molecule has 0 aromatic heterocycles. The normalized spacial score (nSPS) is 9.79. The van der Waals surface area contributed by atoms with Crippen LogP contribution in [-0.2, 0) is 0 Å². The predicted octanol–water partition coefficient (Wildman–Crippen LogP) is 2.26. The molecule has 76 valence electrons. The second-order valence-electron chi connectivity index (χ2n) is 3.43. The zero-order chi connectivity index (χ0) is 10.2. The van der Waals surface area contributed by atoms with Gasteiger partial charge in [-0.3, -0.25) is 0 Å². The Labute approximate surface area is 86.0 Å². The van der Waals surface area contributed by atoms with Crippen LogP contribution in [0.4, 0.5) is 5.69 Å². The summed E-state index contributed by atoms with van der Waals surface area (Å²) in [5.74, 6) is 0. The van der Waals surface area contributed by atoms with Gasteiger partial charge in [0, 0.05) is 25.3 Å². The number of benzene rings is 1. The van der Waals surface area contributed by atoms with Gasteiger partial charge in [-0.05, 0) is 19.1 Å². The highest BCUT2D eigenvalue weighted by molar-refractivity contribution is 5.42. The Bertz CT molecular complexity index is 267. The molecule has 0 aliphatic rings. The molecule has 0 amide bonds. The van der Waals surface area contributed by atoms with Gasteiger partial charge in [-0.25, -0.2) is 0 Å². The lowest BCUT2D eigenvalue weighted by atomic mass is 10.3.